The molecule has 70 valence electrons. The lowest BCUT2D eigenvalue weighted by Gasteiger charge is -2.16. The van der Waals surface area contributed by atoms with Gasteiger partial charge < -0.3 is 20.1 Å². The molecule has 0 spiro atoms. The van der Waals surface area contributed by atoms with Gasteiger partial charge in [0.25, 0.3) is 0 Å². The summed E-state index contributed by atoms with van der Waals surface area (Å²) >= 11 is 0. The molecule has 1 aliphatic heterocycles. The Bertz CT molecular complexity index is 139. The molecule has 1 fully saturated rings. The minimum absolute atomic E-state index is 0.0334. The van der Waals surface area contributed by atoms with Crippen LogP contribution in [0.2, 0.25) is 0 Å². The van der Waals surface area contributed by atoms with E-state index < -0.39 is 18.3 Å². The number of hydrogen-bond donors (Lipinski definition) is 3. The lowest BCUT2D eigenvalue weighted by Crippen LogP contribution is -2.28. The first kappa shape index (κ1) is 9.92. The SMILES string of the molecule is [CH]C1O[C@H](CO)[C@H](CCO)C1O. The normalized spacial score (nSPS) is 42.0. The second-order valence-electron chi connectivity index (χ2n) is 2.99. The molecule has 0 bridgehead atoms. The van der Waals surface area contributed by atoms with Crippen molar-refractivity contribution in [2.75, 3.05) is 13.2 Å². The van der Waals surface area contributed by atoms with Gasteiger partial charge in [0.05, 0.1) is 24.9 Å². The smallest absolute Gasteiger partial charge is 0.0878 e. The van der Waals surface area contributed by atoms with Crippen LogP contribution in [-0.2, 0) is 4.74 Å². The minimum atomic E-state index is -0.783. The van der Waals surface area contributed by atoms with Crippen LogP contribution in [0.5, 0.6) is 0 Å². The van der Waals surface area contributed by atoms with E-state index in [4.69, 9.17) is 21.9 Å². The first-order chi connectivity index (χ1) is 5.70. The topological polar surface area (TPSA) is 69.9 Å². The van der Waals surface area contributed by atoms with Gasteiger partial charge in [0.1, 0.15) is 0 Å². The van der Waals surface area contributed by atoms with Gasteiger partial charge in [-0.2, -0.15) is 0 Å². The molecule has 1 rings (SSSR count). The van der Waals surface area contributed by atoms with Gasteiger partial charge >= 0.3 is 0 Å². The van der Waals surface area contributed by atoms with E-state index in [-0.39, 0.29) is 19.1 Å². The second-order valence-corrected chi connectivity index (χ2v) is 2.99. The van der Waals surface area contributed by atoms with E-state index >= 15 is 0 Å². The highest BCUT2D eigenvalue weighted by Gasteiger charge is 2.40. The Labute approximate surface area is 71.8 Å². The molecule has 0 saturated carbocycles. The molecular formula is C8H14O4. The number of hydrogen-bond acceptors (Lipinski definition) is 4. The molecule has 0 aliphatic carbocycles. The Morgan fingerprint density at radius 3 is 2.50 bits per heavy atom. The summed E-state index contributed by atoms with van der Waals surface area (Å²) in [5, 5.41) is 26.9. The van der Waals surface area contributed by atoms with Crippen molar-refractivity contribution in [1.82, 2.24) is 0 Å². The van der Waals surface area contributed by atoms with Gasteiger partial charge in [-0.1, -0.05) is 0 Å². The summed E-state index contributed by atoms with van der Waals surface area (Å²) in [4.78, 5) is 0. The van der Waals surface area contributed by atoms with Crippen molar-refractivity contribution < 1.29 is 20.1 Å². The van der Waals surface area contributed by atoms with Crippen molar-refractivity contribution in [3.05, 3.63) is 6.92 Å². The first-order valence-electron chi connectivity index (χ1n) is 4.01. The van der Waals surface area contributed by atoms with Crippen LogP contribution in [0.15, 0.2) is 0 Å². The molecule has 4 atom stereocenters. The largest absolute Gasteiger partial charge is 0.396 e. The molecule has 2 unspecified atom stereocenters. The zero-order chi connectivity index (χ0) is 9.14. The van der Waals surface area contributed by atoms with Crippen molar-refractivity contribution in [2.45, 2.75) is 24.7 Å². The number of aliphatic hydroxyl groups excluding tert-OH is 3. The maximum absolute atomic E-state index is 9.42. The zero-order valence-corrected chi connectivity index (χ0v) is 6.76. The van der Waals surface area contributed by atoms with Crippen LogP contribution in [0.1, 0.15) is 6.42 Å². The number of rotatable bonds is 3. The first-order valence-corrected chi connectivity index (χ1v) is 4.01. The second kappa shape index (κ2) is 4.18. The van der Waals surface area contributed by atoms with Crippen molar-refractivity contribution in [3.63, 3.8) is 0 Å². The van der Waals surface area contributed by atoms with Crippen molar-refractivity contribution in [3.8, 4) is 0 Å². The fourth-order valence-electron chi connectivity index (χ4n) is 1.53. The van der Waals surface area contributed by atoms with E-state index in [1.165, 1.54) is 0 Å². The third-order valence-corrected chi connectivity index (χ3v) is 2.23. The Balaban J connectivity index is 2.53. The van der Waals surface area contributed by atoms with Crippen molar-refractivity contribution in [1.29, 1.82) is 0 Å². The highest BCUT2D eigenvalue weighted by atomic mass is 16.5. The molecule has 0 aromatic carbocycles. The summed E-state index contributed by atoms with van der Waals surface area (Å²) in [5.41, 5.74) is 0. The Morgan fingerprint density at radius 2 is 2.00 bits per heavy atom. The van der Waals surface area contributed by atoms with Crippen LogP contribution in [0.4, 0.5) is 0 Å². The molecule has 0 aromatic rings. The highest BCUT2D eigenvalue weighted by Crippen LogP contribution is 2.28. The summed E-state index contributed by atoms with van der Waals surface area (Å²) in [5.74, 6) is -0.255. The highest BCUT2D eigenvalue weighted by molar-refractivity contribution is 4.91. The molecule has 0 aromatic heterocycles. The monoisotopic (exact) mass is 174 g/mol. The van der Waals surface area contributed by atoms with Crippen LogP contribution in [-0.4, -0.2) is 46.8 Å². The van der Waals surface area contributed by atoms with Crippen LogP contribution in [0.3, 0.4) is 0 Å². The molecule has 4 nitrogen and oxygen atoms in total. The summed E-state index contributed by atoms with van der Waals surface area (Å²) in [6.07, 6.45) is -1.56. The predicted molar refractivity (Wildman–Crippen MR) is 41.2 cm³/mol. The Kier molecular flexibility index (Phi) is 3.46. The standard InChI is InChI=1S/C8H14O4/c1-5-8(11)6(2-3-9)7(4-10)12-5/h1,5-11H,2-4H2/t5?,6-,7+,8?/m0/s1. The van der Waals surface area contributed by atoms with Crippen molar-refractivity contribution >= 4 is 0 Å². The van der Waals surface area contributed by atoms with Gasteiger partial charge in [0.15, 0.2) is 0 Å². The maximum Gasteiger partial charge on any atom is 0.0878 e. The van der Waals surface area contributed by atoms with Gasteiger partial charge in [-0.3, -0.25) is 0 Å². The summed E-state index contributed by atoms with van der Waals surface area (Å²) < 4.78 is 5.05. The Hall–Kier alpha value is -0.160. The number of ether oxygens (including phenoxy) is 1. The van der Waals surface area contributed by atoms with Crippen LogP contribution in [0, 0.1) is 12.8 Å². The number of aliphatic hydroxyl groups is 3. The van der Waals surface area contributed by atoms with E-state index in [9.17, 15) is 5.11 Å². The zero-order valence-electron chi connectivity index (χ0n) is 6.76. The van der Waals surface area contributed by atoms with E-state index in [1.807, 2.05) is 0 Å². The maximum atomic E-state index is 9.42. The third-order valence-electron chi connectivity index (χ3n) is 2.23. The molecule has 1 heterocycles. The molecule has 2 radical (unpaired) electrons. The van der Waals surface area contributed by atoms with E-state index in [0.717, 1.165) is 0 Å². The van der Waals surface area contributed by atoms with Gasteiger partial charge in [0.2, 0.25) is 0 Å². The van der Waals surface area contributed by atoms with Gasteiger partial charge in [0, 0.05) is 12.5 Å². The quantitative estimate of drug-likeness (QED) is 0.503. The van der Waals surface area contributed by atoms with Crippen LogP contribution in [0.25, 0.3) is 0 Å². The van der Waals surface area contributed by atoms with E-state index in [2.05, 4.69) is 0 Å². The predicted octanol–water partition coefficient (Wildman–Crippen LogP) is -1.18. The molecule has 1 aliphatic rings. The molecule has 3 N–H and O–H groups in total. The summed E-state index contributed by atoms with van der Waals surface area (Å²) in [7, 11) is 0. The van der Waals surface area contributed by atoms with E-state index in [0.29, 0.717) is 6.42 Å². The third kappa shape index (κ3) is 1.77. The summed E-state index contributed by atoms with van der Waals surface area (Å²) in [6.45, 7) is 5.20. The van der Waals surface area contributed by atoms with Crippen molar-refractivity contribution in [2.24, 2.45) is 5.92 Å². The fraction of sp³-hybridized carbons (Fsp3) is 0.875. The molecule has 12 heavy (non-hydrogen) atoms. The van der Waals surface area contributed by atoms with Crippen LogP contribution >= 0.6 is 0 Å². The molecular weight excluding hydrogens is 160 g/mol. The fourth-order valence-corrected chi connectivity index (χ4v) is 1.53. The average Bonchev–Trinajstić information content (AvgIpc) is 2.33. The molecule has 0 amide bonds. The van der Waals surface area contributed by atoms with E-state index in [1.54, 1.807) is 0 Å². The Morgan fingerprint density at radius 1 is 1.33 bits per heavy atom. The lowest BCUT2D eigenvalue weighted by molar-refractivity contribution is 0.00778. The molecule has 4 heteroatoms. The molecule has 1 saturated heterocycles. The van der Waals surface area contributed by atoms with Crippen LogP contribution < -0.4 is 0 Å². The summed E-state index contributed by atoms with van der Waals surface area (Å²) in [6, 6.07) is 0. The average molecular weight is 174 g/mol. The van der Waals surface area contributed by atoms with Gasteiger partial charge in [-0.05, 0) is 13.3 Å². The minimum Gasteiger partial charge on any atom is -0.396 e. The lowest BCUT2D eigenvalue weighted by atomic mass is 9.94. The van der Waals surface area contributed by atoms with Gasteiger partial charge in [-0.15, -0.1) is 0 Å². The van der Waals surface area contributed by atoms with Gasteiger partial charge in [-0.25, -0.2) is 0 Å².